The van der Waals surface area contributed by atoms with E-state index in [1.807, 2.05) is 13.0 Å². The van der Waals surface area contributed by atoms with Crippen molar-refractivity contribution in [3.63, 3.8) is 0 Å². The Morgan fingerprint density at radius 1 is 0.977 bits per heavy atom. The molecule has 232 valence electrons. The number of rotatable bonds is 7. The Morgan fingerprint density at radius 3 is 2.32 bits per heavy atom. The van der Waals surface area contributed by atoms with Gasteiger partial charge in [0, 0.05) is 11.8 Å². The number of hydrogen-bond donors (Lipinski definition) is 4. The third kappa shape index (κ3) is 5.08. The Labute approximate surface area is 252 Å². The maximum Gasteiger partial charge on any atom is 0.342 e. The van der Waals surface area contributed by atoms with E-state index in [4.69, 9.17) is 18.9 Å². The van der Waals surface area contributed by atoms with E-state index in [2.05, 4.69) is 0 Å². The van der Waals surface area contributed by atoms with E-state index in [1.165, 1.54) is 25.3 Å². The lowest BCUT2D eigenvalue weighted by Crippen LogP contribution is -2.66. The molecule has 1 aliphatic carbocycles. The molecule has 2 amide bonds. The summed E-state index contributed by atoms with van der Waals surface area (Å²) in [7, 11) is 1.51. The summed E-state index contributed by atoms with van der Waals surface area (Å²) in [6.45, 7) is 1.23. The van der Waals surface area contributed by atoms with Crippen LogP contribution in [-0.4, -0.2) is 99.7 Å². The Kier molecular flexibility index (Phi) is 8.03. The quantitative estimate of drug-likeness (QED) is 0.229. The largest absolute Gasteiger partial charge is 0.507 e. The molecule has 0 bridgehead atoms. The molecule has 2 fully saturated rings. The van der Waals surface area contributed by atoms with Crippen LogP contribution in [0.2, 0.25) is 0 Å². The van der Waals surface area contributed by atoms with Crippen molar-refractivity contribution >= 4 is 28.6 Å². The highest BCUT2D eigenvalue weighted by Gasteiger charge is 2.54. The van der Waals surface area contributed by atoms with Crippen LogP contribution in [0.15, 0.2) is 48.5 Å². The molecule has 3 aromatic carbocycles. The van der Waals surface area contributed by atoms with Gasteiger partial charge < -0.3 is 39.4 Å². The lowest BCUT2D eigenvalue weighted by Gasteiger charge is -2.45. The number of aliphatic hydroxyl groups excluding tert-OH is 3. The van der Waals surface area contributed by atoms with Gasteiger partial charge >= 0.3 is 5.97 Å². The van der Waals surface area contributed by atoms with Crippen LogP contribution in [-0.2, 0) is 14.2 Å². The van der Waals surface area contributed by atoms with Crippen molar-refractivity contribution in [3.05, 3.63) is 70.8 Å². The number of amides is 2. The molecule has 1 saturated heterocycles. The van der Waals surface area contributed by atoms with Gasteiger partial charge in [0.15, 0.2) is 6.29 Å². The van der Waals surface area contributed by atoms with Gasteiger partial charge in [-0.2, -0.15) is 0 Å². The van der Waals surface area contributed by atoms with Gasteiger partial charge in [-0.1, -0.05) is 18.2 Å². The lowest BCUT2D eigenvalue weighted by molar-refractivity contribution is -0.290. The maximum absolute atomic E-state index is 13.4. The number of imide groups is 1. The molecule has 7 atom stereocenters. The molecular weight excluding hydrogens is 574 g/mol. The maximum atomic E-state index is 13.4. The SMILES string of the molecule is COc1cc(C)c2ccc(O)c(C(=O)O[C@H]3CC[C@@H](O[C@@H]4O[C@H](CO)[C@@H](O)[C@H](O)[C@H]4N4C(=O)c5ccccc5C4=O)C3)c2c1. The molecular formula is C32H33NO11. The number of fused-ring (bicyclic) bond motifs is 2. The van der Waals surface area contributed by atoms with Gasteiger partial charge in [0.25, 0.3) is 11.8 Å². The summed E-state index contributed by atoms with van der Waals surface area (Å²) in [4.78, 5) is 40.7. The zero-order valence-corrected chi connectivity index (χ0v) is 24.1. The second-order valence-corrected chi connectivity index (χ2v) is 11.3. The second kappa shape index (κ2) is 11.8. The van der Waals surface area contributed by atoms with Crippen molar-refractivity contribution in [1.82, 2.24) is 4.90 Å². The third-order valence-electron chi connectivity index (χ3n) is 8.64. The zero-order valence-electron chi connectivity index (χ0n) is 24.1. The number of hydrogen-bond acceptors (Lipinski definition) is 11. The molecule has 12 heteroatoms. The first-order valence-corrected chi connectivity index (χ1v) is 14.4. The molecule has 0 spiro atoms. The third-order valence-corrected chi connectivity index (χ3v) is 8.64. The van der Waals surface area contributed by atoms with Crippen LogP contribution < -0.4 is 4.74 Å². The van der Waals surface area contributed by atoms with E-state index < -0.39 is 67.2 Å². The van der Waals surface area contributed by atoms with Crippen LogP contribution >= 0.6 is 0 Å². The number of phenolic OH excluding ortho intramolecular Hbond substituents is 1. The fraction of sp³-hybridized carbons (Fsp3) is 0.406. The number of methoxy groups -OCH3 is 1. The number of aryl methyl sites for hydroxylation is 1. The van der Waals surface area contributed by atoms with E-state index in [1.54, 1.807) is 24.3 Å². The summed E-state index contributed by atoms with van der Waals surface area (Å²) < 4.78 is 23.1. The van der Waals surface area contributed by atoms with Crippen LogP contribution in [0.4, 0.5) is 0 Å². The molecule has 4 N–H and O–H groups in total. The van der Waals surface area contributed by atoms with Crippen LogP contribution in [0.1, 0.15) is 55.9 Å². The number of nitrogens with zero attached hydrogens (tertiary/aromatic N) is 1. The zero-order chi connectivity index (χ0) is 31.3. The van der Waals surface area contributed by atoms with Gasteiger partial charge in [0.1, 0.15) is 47.5 Å². The molecule has 2 heterocycles. The van der Waals surface area contributed by atoms with Crippen molar-refractivity contribution < 1.29 is 53.8 Å². The molecule has 6 rings (SSSR count). The second-order valence-electron chi connectivity index (χ2n) is 11.3. The monoisotopic (exact) mass is 607 g/mol. The van der Waals surface area contributed by atoms with E-state index in [-0.39, 0.29) is 28.9 Å². The Morgan fingerprint density at radius 2 is 1.66 bits per heavy atom. The molecule has 0 aromatic heterocycles. The summed E-state index contributed by atoms with van der Waals surface area (Å²) in [6.07, 6.45) is -6.03. The van der Waals surface area contributed by atoms with E-state index in [0.29, 0.717) is 24.0 Å². The normalized spacial score (nSPS) is 28.4. The number of esters is 1. The Bertz CT molecular complexity index is 1590. The minimum Gasteiger partial charge on any atom is -0.507 e. The van der Waals surface area contributed by atoms with Gasteiger partial charge in [0.2, 0.25) is 0 Å². The van der Waals surface area contributed by atoms with Crippen LogP contribution in [0.25, 0.3) is 10.8 Å². The molecule has 0 unspecified atom stereocenters. The van der Waals surface area contributed by atoms with Crippen molar-refractivity contribution in [2.45, 2.75) is 69.0 Å². The van der Waals surface area contributed by atoms with Crippen LogP contribution in [0, 0.1) is 6.92 Å². The molecule has 2 aliphatic heterocycles. The standard InChI is InChI=1S/C32H33NO11/c1-15-11-18(41-2)13-22-19(15)9-10-23(35)25(22)31(40)42-16-7-8-17(12-16)43-32-26(28(37)27(36)24(14-34)44-32)33-29(38)20-5-3-4-6-21(20)30(33)39/h3-6,9-11,13,16-17,24,26-28,32,34-37H,7-8,12,14H2,1-2H3/t16-,17+,24+,26+,27+,28+,32+/m0/s1. The van der Waals surface area contributed by atoms with Crippen molar-refractivity contribution in [2.75, 3.05) is 13.7 Å². The van der Waals surface area contributed by atoms with E-state index in [9.17, 15) is 34.8 Å². The Hall–Kier alpha value is -4.07. The number of benzene rings is 3. The summed E-state index contributed by atoms with van der Waals surface area (Å²) in [6, 6.07) is 11.5. The molecule has 3 aromatic rings. The van der Waals surface area contributed by atoms with Gasteiger partial charge in [-0.15, -0.1) is 0 Å². The van der Waals surface area contributed by atoms with Gasteiger partial charge in [-0.25, -0.2) is 4.79 Å². The van der Waals surface area contributed by atoms with Gasteiger partial charge in [0.05, 0.1) is 30.9 Å². The average Bonchev–Trinajstić information content (AvgIpc) is 3.55. The van der Waals surface area contributed by atoms with Crippen molar-refractivity contribution in [1.29, 1.82) is 0 Å². The first-order chi connectivity index (χ1) is 21.1. The average molecular weight is 608 g/mol. The predicted molar refractivity (Wildman–Crippen MR) is 153 cm³/mol. The van der Waals surface area contributed by atoms with E-state index >= 15 is 0 Å². The van der Waals surface area contributed by atoms with Crippen molar-refractivity contribution in [3.8, 4) is 11.5 Å². The molecule has 1 saturated carbocycles. The van der Waals surface area contributed by atoms with Crippen molar-refractivity contribution in [2.24, 2.45) is 0 Å². The fourth-order valence-corrected chi connectivity index (χ4v) is 6.37. The molecule has 12 nitrogen and oxygen atoms in total. The summed E-state index contributed by atoms with van der Waals surface area (Å²) in [5, 5.41) is 43.3. The highest BCUT2D eigenvalue weighted by Crippen LogP contribution is 2.37. The molecule has 0 radical (unpaired) electrons. The van der Waals surface area contributed by atoms with Gasteiger partial charge in [-0.05, 0) is 61.0 Å². The minimum atomic E-state index is -1.67. The number of carbonyl (C=O) groups is 3. The highest BCUT2D eigenvalue weighted by molar-refractivity contribution is 6.21. The summed E-state index contributed by atoms with van der Waals surface area (Å²) >= 11 is 0. The highest BCUT2D eigenvalue weighted by atomic mass is 16.7. The molecule has 44 heavy (non-hydrogen) atoms. The fourth-order valence-electron chi connectivity index (χ4n) is 6.37. The molecule has 3 aliphatic rings. The number of aliphatic hydroxyl groups is 3. The first kappa shape index (κ1) is 30.0. The number of carbonyl (C=O) groups excluding carboxylic acids is 3. The van der Waals surface area contributed by atoms with Crippen LogP contribution in [0.3, 0.4) is 0 Å². The minimum absolute atomic E-state index is 0.0121. The van der Waals surface area contributed by atoms with E-state index in [0.717, 1.165) is 15.8 Å². The van der Waals surface area contributed by atoms with Gasteiger partial charge in [-0.3, -0.25) is 14.5 Å². The number of ether oxygens (including phenoxy) is 4. The topological polar surface area (TPSA) is 172 Å². The van der Waals surface area contributed by atoms with Crippen LogP contribution in [0.5, 0.6) is 11.5 Å². The predicted octanol–water partition coefficient (Wildman–Crippen LogP) is 2.06. The smallest absolute Gasteiger partial charge is 0.342 e. The lowest BCUT2D eigenvalue weighted by atomic mass is 9.95. The summed E-state index contributed by atoms with van der Waals surface area (Å²) in [5.74, 6) is -1.76. The summed E-state index contributed by atoms with van der Waals surface area (Å²) in [5.41, 5.74) is 1.17. The number of aromatic hydroxyl groups is 1. The number of phenols is 1. The first-order valence-electron chi connectivity index (χ1n) is 14.4. The Balaban J connectivity index is 1.20.